The Balaban J connectivity index is 1.83. The van der Waals surface area contributed by atoms with Crippen molar-refractivity contribution < 1.29 is 13.2 Å². The van der Waals surface area contributed by atoms with Crippen molar-refractivity contribution in [2.45, 2.75) is 43.9 Å². The maximum atomic E-state index is 11.9. The van der Waals surface area contributed by atoms with E-state index in [1.54, 1.807) is 12.1 Å². The van der Waals surface area contributed by atoms with Gasteiger partial charge in [0.15, 0.2) is 0 Å². The highest BCUT2D eigenvalue weighted by atomic mass is 32.2. The number of aromatic nitrogens is 2. The summed E-state index contributed by atoms with van der Waals surface area (Å²) in [5.74, 6) is -0.149. The largest absolute Gasteiger partial charge is 0.301 e. The number of hydrogen-bond donors (Lipinski definition) is 2. The monoisotopic (exact) mass is 368 g/mol. The second kappa shape index (κ2) is 8.32. The van der Waals surface area contributed by atoms with Crippen molar-refractivity contribution in [1.82, 2.24) is 10.2 Å². The van der Waals surface area contributed by atoms with Crippen LogP contribution in [0.4, 0.5) is 5.13 Å². The Labute approximate surface area is 145 Å². The van der Waals surface area contributed by atoms with E-state index in [4.69, 9.17) is 5.14 Å². The first kappa shape index (κ1) is 18.5. The lowest BCUT2D eigenvalue weighted by Gasteiger charge is -2.03. The predicted octanol–water partition coefficient (Wildman–Crippen LogP) is 2.10. The molecule has 1 aromatic carbocycles. The van der Waals surface area contributed by atoms with E-state index in [0.29, 0.717) is 11.6 Å². The zero-order valence-electron chi connectivity index (χ0n) is 13.4. The van der Waals surface area contributed by atoms with Crippen LogP contribution in [-0.4, -0.2) is 24.5 Å². The van der Waals surface area contributed by atoms with Crippen molar-refractivity contribution in [3.8, 4) is 0 Å². The lowest BCUT2D eigenvalue weighted by atomic mass is 10.1. The summed E-state index contributed by atoms with van der Waals surface area (Å²) in [4.78, 5) is 12.0. The standard InChI is InChI=1S/C15H20N4O3S2/c1-2-3-4-14-18-19-15(23-14)17-13(20)10-7-11-5-8-12(9-6-11)24(16,21)22/h5-6,8-9H,2-4,7,10H2,1H3,(H2,16,21,22)(H,17,19,20). The van der Waals surface area contributed by atoms with Gasteiger partial charge in [0.05, 0.1) is 4.90 Å². The minimum Gasteiger partial charge on any atom is -0.301 e. The molecule has 2 rings (SSSR count). The van der Waals surface area contributed by atoms with E-state index < -0.39 is 10.0 Å². The van der Waals surface area contributed by atoms with Gasteiger partial charge in [0, 0.05) is 12.8 Å². The minimum absolute atomic E-state index is 0.0594. The number of nitrogens with one attached hydrogen (secondary N) is 1. The van der Waals surface area contributed by atoms with Crippen molar-refractivity contribution in [3.63, 3.8) is 0 Å². The zero-order chi connectivity index (χ0) is 17.6. The van der Waals surface area contributed by atoms with E-state index in [-0.39, 0.29) is 17.2 Å². The molecule has 0 radical (unpaired) electrons. The fourth-order valence-electron chi connectivity index (χ4n) is 2.02. The number of unbranched alkanes of at least 4 members (excludes halogenated alkanes) is 1. The predicted molar refractivity (Wildman–Crippen MR) is 93.3 cm³/mol. The second-order valence-corrected chi connectivity index (χ2v) is 7.97. The Morgan fingerprint density at radius 2 is 1.92 bits per heavy atom. The molecule has 0 aliphatic heterocycles. The summed E-state index contributed by atoms with van der Waals surface area (Å²) in [5.41, 5.74) is 0.860. The molecule has 1 aromatic heterocycles. The number of anilines is 1. The highest BCUT2D eigenvalue weighted by molar-refractivity contribution is 7.89. The molecule has 2 aromatic rings. The van der Waals surface area contributed by atoms with Crippen LogP contribution in [0, 0.1) is 0 Å². The number of primary sulfonamides is 1. The van der Waals surface area contributed by atoms with Gasteiger partial charge < -0.3 is 5.32 Å². The first-order chi connectivity index (χ1) is 11.4. The van der Waals surface area contributed by atoms with E-state index in [0.717, 1.165) is 29.8 Å². The van der Waals surface area contributed by atoms with E-state index in [9.17, 15) is 13.2 Å². The summed E-state index contributed by atoms with van der Waals surface area (Å²) in [7, 11) is -3.69. The Bertz CT molecular complexity index is 785. The summed E-state index contributed by atoms with van der Waals surface area (Å²) in [6.45, 7) is 2.11. The van der Waals surface area contributed by atoms with Crippen LogP contribution in [0.25, 0.3) is 0 Å². The lowest BCUT2D eigenvalue weighted by Crippen LogP contribution is -2.13. The molecule has 1 heterocycles. The molecule has 0 aliphatic rings. The molecule has 9 heteroatoms. The maximum Gasteiger partial charge on any atom is 0.238 e. The van der Waals surface area contributed by atoms with Gasteiger partial charge >= 0.3 is 0 Å². The number of nitrogens with two attached hydrogens (primary N) is 1. The Kier molecular flexibility index (Phi) is 6.41. The Morgan fingerprint density at radius 3 is 2.54 bits per heavy atom. The zero-order valence-corrected chi connectivity index (χ0v) is 15.0. The van der Waals surface area contributed by atoms with Crippen LogP contribution in [0.1, 0.15) is 36.8 Å². The van der Waals surface area contributed by atoms with Gasteiger partial charge in [0.2, 0.25) is 21.1 Å². The summed E-state index contributed by atoms with van der Waals surface area (Å²) >= 11 is 1.39. The third kappa shape index (κ3) is 5.66. The van der Waals surface area contributed by atoms with Gasteiger partial charge in [-0.2, -0.15) is 0 Å². The number of sulfonamides is 1. The molecule has 0 fully saturated rings. The molecule has 0 aliphatic carbocycles. The average Bonchev–Trinajstić information content (AvgIpc) is 2.98. The lowest BCUT2D eigenvalue weighted by molar-refractivity contribution is -0.116. The van der Waals surface area contributed by atoms with E-state index in [1.165, 1.54) is 23.5 Å². The third-order valence-electron chi connectivity index (χ3n) is 3.35. The quantitative estimate of drug-likeness (QED) is 0.740. The molecule has 0 saturated heterocycles. The fraction of sp³-hybridized carbons (Fsp3) is 0.400. The molecule has 0 atom stereocenters. The van der Waals surface area contributed by atoms with E-state index >= 15 is 0 Å². The second-order valence-electron chi connectivity index (χ2n) is 5.34. The van der Waals surface area contributed by atoms with Gasteiger partial charge in [-0.25, -0.2) is 13.6 Å². The van der Waals surface area contributed by atoms with E-state index in [2.05, 4.69) is 22.4 Å². The van der Waals surface area contributed by atoms with Gasteiger partial charge in [-0.1, -0.05) is 36.8 Å². The minimum atomic E-state index is -3.69. The number of nitrogens with zero attached hydrogens (tertiary/aromatic N) is 2. The molecular formula is C15H20N4O3S2. The molecule has 1 amide bonds. The molecule has 7 nitrogen and oxygen atoms in total. The highest BCUT2D eigenvalue weighted by Gasteiger charge is 2.10. The van der Waals surface area contributed by atoms with Crippen molar-refractivity contribution in [3.05, 3.63) is 34.8 Å². The molecule has 0 bridgehead atoms. The Hall–Kier alpha value is -1.84. The van der Waals surface area contributed by atoms with Crippen molar-refractivity contribution in [2.75, 3.05) is 5.32 Å². The van der Waals surface area contributed by atoms with Gasteiger partial charge in [-0.05, 0) is 30.5 Å². The van der Waals surface area contributed by atoms with Crippen LogP contribution in [0.15, 0.2) is 29.2 Å². The number of benzene rings is 1. The number of carbonyl (C=O) groups excluding carboxylic acids is 1. The highest BCUT2D eigenvalue weighted by Crippen LogP contribution is 2.17. The smallest absolute Gasteiger partial charge is 0.238 e. The van der Waals surface area contributed by atoms with Crippen LogP contribution in [0.5, 0.6) is 0 Å². The van der Waals surface area contributed by atoms with Gasteiger partial charge in [0.1, 0.15) is 5.01 Å². The van der Waals surface area contributed by atoms with E-state index in [1.807, 2.05) is 0 Å². The maximum absolute atomic E-state index is 11.9. The van der Waals surface area contributed by atoms with Crippen LogP contribution >= 0.6 is 11.3 Å². The summed E-state index contributed by atoms with van der Waals surface area (Å²) in [5, 5.41) is 17.2. The average molecular weight is 368 g/mol. The van der Waals surface area contributed by atoms with Gasteiger partial charge in [-0.15, -0.1) is 10.2 Å². The van der Waals surface area contributed by atoms with Gasteiger partial charge in [0.25, 0.3) is 0 Å². The number of amides is 1. The van der Waals surface area contributed by atoms with Crippen molar-refractivity contribution in [2.24, 2.45) is 5.14 Å². The number of carbonyl (C=O) groups is 1. The first-order valence-electron chi connectivity index (χ1n) is 7.62. The van der Waals surface area contributed by atoms with Gasteiger partial charge in [-0.3, -0.25) is 4.79 Å². The molecule has 130 valence electrons. The number of hydrogen-bond acceptors (Lipinski definition) is 6. The van der Waals surface area contributed by atoms with Crippen LogP contribution in [0.3, 0.4) is 0 Å². The number of rotatable bonds is 8. The molecule has 24 heavy (non-hydrogen) atoms. The van der Waals surface area contributed by atoms with Crippen LogP contribution in [-0.2, 0) is 27.7 Å². The first-order valence-corrected chi connectivity index (χ1v) is 9.98. The topological polar surface area (TPSA) is 115 Å². The fourth-order valence-corrected chi connectivity index (χ4v) is 3.33. The van der Waals surface area contributed by atoms with Crippen molar-refractivity contribution >= 4 is 32.4 Å². The SMILES string of the molecule is CCCCc1nnc(NC(=O)CCc2ccc(S(N)(=O)=O)cc2)s1. The summed E-state index contributed by atoms with van der Waals surface area (Å²) in [6.07, 6.45) is 3.79. The van der Waals surface area contributed by atoms with Crippen LogP contribution < -0.4 is 10.5 Å². The Morgan fingerprint density at radius 1 is 1.21 bits per heavy atom. The molecule has 0 spiro atoms. The molecule has 3 N–H and O–H groups in total. The summed E-state index contributed by atoms with van der Waals surface area (Å²) in [6, 6.07) is 6.18. The van der Waals surface area contributed by atoms with Crippen LogP contribution in [0.2, 0.25) is 0 Å². The summed E-state index contributed by atoms with van der Waals surface area (Å²) < 4.78 is 22.4. The number of aryl methyl sites for hydroxylation is 2. The molecule has 0 saturated carbocycles. The van der Waals surface area contributed by atoms with Crippen molar-refractivity contribution in [1.29, 1.82) is 0 Å². The molecule has 0 unspecified atom stereocenters. The normalized spacial score (nSPS) is 11.4. The third-order valence-corrected chi connectivity index (χ3v) is 5.18. The molecular weight excluding hydrogens is 348 g/mol.